The largest absolute Gasteiger partial charge is 0.314 e. The summed E-state index contributed by atoms with van der Waals surface area (Å²) >= 11 is 9.70. The van der Waals surface area contributed by atoms with Crippen LogP contribution in [0.1, 0.15) is 33.3 Å². The van der Waals surface area contributed by atoms with Crippen LogP contribution in [0.4, 0.5) is 0 Å². The lowest BCUT2D eigenvalue weighted by Crippen LogP contribution is -2.31. The van der Waals surface area contributed by atoms with Gasteiger partial charge in [-0.15, -0.1) is 0 Å². The Morgan fingerprint density at radius 1 is 1.17 bits per heavy atom. The highest BCUT2D eigenvalue weighted by molar-refractivity contribution is 9.10. The Bertz CT molecular complexity index is 379. The van der Waals surface area contributed by atoms with Gasteiger partial charge in [0.15, 0.2) is 0 Å². The summed E-state index contributed by atoms with van der Waals surface area (Å²) in [7, 11) is 0. The first-order valence-electron chi connectivity index (χ1n) is 6.57. The zero-order valence-corrected chi connectivity index (χ0v) is 14.0. The van der Waals surface area contributed by atoms with Crippen molar-refractivity contribution in [3.63, 3.8) is 0 Å². The minimum Gasteiger partial charge on any atom is -0.314 e. The van der Waals surface area contributed by atoms with Crippen molar-refractivity contribution in [3.8, 4) is 0 Å². The average molecular weight is 333 g/mol. The van der Waals surface area contributed by atoms with E-state index in [2.05, 4.69) is 61.1 Å². The lowest BCUT2D eigenvalue weighted by atomic mass is 9.89. The molecular weight excluding hydrogens is 310 g/mol. The molecule has 102 valence electrons. The van der Waals surface area contributed by atoms with Crippen LogP contribution in [-0.2, 0) is 6.42 Å². The topological polar surface area (TPSA) is 12.0 Å². The summed E-state index contributed by atoms with van der Waals surface area (Å²) in [5.74, 6) is 1.27. The van der Waals surface area contributed by atoms with Crippen LogP contribution in [-0.4, -0.2) is 12.6 Å². The Labute approximate surface area is 124 Å². The predicted molar refractivity (Wildman–Crippen MR) is 84.3 cm³/mol. The monoisotopic (exact) mass is 331 g/mol. The van der Waals surface area contributed by atoms with E-state index in [1.807, 2.05) is 6.07 Å². The summed E-state index contributed by atoms with van der Waals surface area (Å²) in [6, 6.07) is 6.70. The van der Waals surface area contributed by atoms with Crippen LogP contribution in [0.2, 0.25) is 5.02 Å². The van der Waals surface area contributed by atoms with E-state index in [1.54, 1.807) is 0 Å². The number of halogens is 2. The molecule has 0 fully saturated rings. The fraction of sp³-hybridized carbons (Fsp3) is 0.600. The highest BCUT2D eigenvalue weighted by Gasteiger charge is 2.14. The van der Waals surface area contributed by atoms with Crippen LogP contribution in [0.5, 0.6) is 0 Å². The number of hydrogen-bond acceptors (Lipinski definition) is 1. The van der Waals surface area contributed by atoms with E-state index in [0.29, 0.717) is 17.9 Å². The third-order valence-corrected chi connectivity index (χ3v) is 4.22. The Morgan fingerprint density at radius 2 is 1.83 bits per heavy atom. The lowest BCUT2D eigenvalue weighted by Gasteiger charge is -2.22. The highest BCUT2D eigenvalue weighted by atomic mass is 79.9. The van der Waals surface area contributed by atoms with Crippen molar-refractivity contribution < 1.29 is 0 Å². The van der Waals surface area contributed by atoms with Gasteiger partial charge in [0, 0.05) is 15.5 Å². The fourth-order valence-electron chi connectivity index (χ4n) is 1.86. The van der Waals surface area contributed by atoms with Gasteiger partial charge in [0.25, 0.3) is 0 Å². The second-order valence-electron chi connectivity index (χ2n) is 5.46. The predicted octanol–water partition coefficient (Wildman–Crippen LogP) is 4.92. The first kappa shape index (κ1) is 16.0. The minimum absolute atomic E-state index is 0.552. The van der Waals surface area contributed by atoms with Gasteiger partial charge >= 0.3 is 0 Å². The molecule has 0 aliphatic rings. The second kappa shape index (κ2) is 7.52. The first-order chi connectivity index (χ1) is 8.40. The van der Waals surface area contributed by atoms with E-state index in [9.17, 15) is 0 Å². The molecule has 0 heterocycles. The maximum atomic E-state index is 6.26. The minimum atomic E-state index is 0.552. The van der Waals surface area contributed by atoms with Gasteiger partial charge in [-0.2, -0.15) is 0 Å². The maximum absolute atomic E-state index is 6.26. The van der Waals surface area contributed by atoms with Crippen molar-refractivity contribution in [2.45, 2.75) is 40.2 Å². The summed E-state index contributed by atoms with van der Waals surface area (Å²) in [4.78, 5) is 0. The molecule has 0 aliphatic heterocycles. The molecule has 0 spiro atoms. The fourth-order valence-corrected chi connectivity index (χ4v) is 2.61. The molecule has 0 aliphatic carbocycles. The summed E-state index contributed by atoms with van der Waals surface area (Å²) in [6.07, 6.45) is 1.03. The van der Waals surface area contributed by atoms with Crippen molar-refractivity contribution in [2.75, 3.05) is 6.54 Å². The van der Waals surface area contributed by atoms with Crippen LogP contribution in [0.25, 0.3) is 0 Å². The molecular formula is C15H23BrClN. The van der Waals surface area contributed by atoms with Gasteiger partial charge < -0.3 is 5.32 Å². The molecule has 0 amide bonds. The third-order valence-electron chi connectivity index (χ3n) is 3.38. The number of rotatable bonds is 6. The van der Waals surface area contributed by atoms with Crippen LogP contribution in [0.3, 0.4) is 0 Å². The molecule has 1 aromatic carbocycles. The van der Waals surface area contributed by atoms with Crippen LogP contribution < -0.4 is 5.32 Å². The van der Waals surface area contributed by atoms with Crippen molar-refractivity contribution in [1.29, 1.82) is 0 Å². The summed E-state index contributed by atoms with van der Waals surface area (Å²) in [5.41, 5.74) is 1.24. The van der Waals surface area contributed by atoms with Crippen LogP contribution in [0.15, 0.2) is 22.7 Å². The molecule has 3 heteroatoms. The number of benzene rings is 1. The molecule has 0 radical (unpaired) electrons. The van der Waals surface area contributed by atoms with Crippen LogP contribution in [0, 0.1) is 11.8 Å². The van der Waals surface area contributed by atoms with E-state index < -0.39 is 0 Å². The molecule has 1 N–H and O–H groups in total. The van der Waals surface area contributed by atoms with Gasteiger partial charge in [-0.3, -0.25) is 0 Å². The summed E-state index contributed by atoms with van der Waals surface area (Å²) in [5, 5.41) is 4.36. The van der Waals surface area contributed by atoms with Crippen LogP contribution >= 0.6 is 27.5 Å². The van der Waals surface area contributed by atoms with Crippen molar-refractivity contribution in [1.82, 2.24) is 5.32 Å². The van der Waals surface area contributed by atoms with Gasteiger partial charge in [-0.25, -0.2) is 0 Å². The normalized spacial score (nSPS) is 14.8. The smallest absolute Gasteiger partial charge is 0.0449 e. The molecule has 2 unspecified atom stereocenters. The molecule has 0 saturated heterocycles. The highest BCUT2D eigenvalue weighted by Crippen LogP contribution is 2.25. The molecule has 0 saturated carbocycles. The second-order valence-corrected chi connectivity index (χ2v) is 6.78. The summed E-state index contributed by atoms with van der Waals surface area (Å²) < 4.78 is 1.04. The Morgan fingerprint density at radius 3 is 2.39 bits per heavy atom. The van der Waals surface area contributed by atoms with Crippen molar-refractivity contribution in [2.24, 2.45) is 11.8 Å². The van der Waals surface area contributed by atoms with E-state index in [0.717, 1.165) is 22.5 Å². The standard InChI is InChI=1S/C15H23BrClN/c1-10(2)18-9-12(4)11(3)7-13-5-6-14(16)8-15(13)17/h5-6,8,10-12,18H,7,9H2,1-4H3. The molecule has 2 atom stereocenters. The SMILES string of the molecule is CC(C)NCC(C)C(C)Cc1ccc(Br)cc1Cl. The van der Waals surface area contributed by atoms with Gasteiger partial charge in [-0.05, 0) is 42.5 Å². The number of hydrogen-bond donors (Lipinski definition) is 1. The molecule has 1 rings (SSSR count). The molecule has 0 bridgehead atoms. The quantitative estimate of drug-likeness (QED) is 0.780. The van der Waals surface area contributed by atoms with E-state index in [1.165, 1.54) is 5.56 Å². The zero-order valence-electron chi connectivity index (χ0n) is 11.6. The summed E-state index contributed by atoms with van der Waals surface area (Å²) in [6.45, 7) is 10.0. The van der Waals surface area contributed by atoms with E-state index >= 15 is 0 Å². The average Bonchev–Trinajstić information content (AvgIpc) is 2.29. The maximum Gasteiger partial charge on any atom is 0.0449 e. The molecule has 0 aromatic heterocycles. The van der Waals surface area contributed by atoms with Crippen molar-refractivity contribution >= 4 is 27.5 Å². The Kier molecular flexibility index (Phi) is 6.68. The third kappa shape index (κ3) is 5.29. The lowest BCUT2D eigenvalue weighted by molar-refractivity contribution is 0.354. The Hall–Kier alpha value is -0.0500. The van der Waals surface area contributed by atoms with Gasteiger partial charge in [0.2, 0.25) is 0 Å². The van der Waals surface area contributed by atoms with Gasteiger partial charge in [-0.1, -0.05) is 61.3 Å². The van der Waals surface area contributed by atoms with E-state index in [4.69, 9.17) is 11.6 Å². The van der Waals surface area contributed by atoms with E-state index in [-0.39, 0.29) is 0 Å². The first-order valence-corrected chi connectivity index (χ1v) is 7.74. The molecule has 1 nitrogen and oxygen atoms in total. The van der Waals surface area contributed by atoms with Gasteiger partial charge in [0.1, 0.15) is 0 Å². The number of nitrogens with one attached hydrogen (secondary N) is 1. The Balaban J connectivity index is 2.55. The molecule has 1 aromatic rings. The zero-order chi connectivity index (χ0) is 13.7. The van der Waals surface area contributed by atoms with Gasteiger partial charge in [0.05, 0.1) is 0 Å². The molecule has 18 heavy (non-hydrogen) atoms. The van der Waals surface area contributed by atoms with Crippen molar-refractivity contribution in [3.05, 3.63) is 33.3 Å².